The molecule has 158 valence electrons. The van der Waals surface area contributed by atoms with E-state index >= 15 is 0 Å². The number of pyridine rings is 1. The van der Waals surface area contributed by atoms with E-state index in [-0.39, 0.29) is 10.9 Å². The Hall–Kier alpha value is -2.51. The molecule has 8 nitrogen and oxygen atoms in total. The zero-order valence-corrected chi connectivity index (χ0v) is 17.5. The van der Waals surface area contributed by atoms with Crippen molar-refractivity contribution in [1.82, 2.24) is 14.6 Å². The highest BCUT2D eigenvalue weighted by molar-refractivity contribution is 7.89. The first kappa shape index (κ1) is 20.8. The van der Waals surface area contributed by atoms with Gasteiger partial charge in [0.2, 0.25) is 10.0 Å². The van der Waals surface area contributed by atoms with Crippen LogP contribution in [0.15, 0.2) is 47.5 Å². The Bertz CT molecular complexity index is 996. The van der Waals surface area contributed by atoms with Crippen LogP contribution in [0.2, 0.25) is 0 Å². The fourth-order valence-corrected chi connectivity index (χ4v) is 5.02. The predicted octanol–water partition coefficient (Wildman–Crippen LogP) is 1.34. The Labute approximate surface area is 177 Å². The molecule has 0 amide bonds. The second-order valence-electron chi connectivity index (χ2n) is 7.60. The molecular formula is C21H25N5O3S. The molecule has 2 aromatic rings. The number of nitrogens with zero attached hydrogens (tertiary/aromatic N) is 4. The Morgan fingerprint density at radius 2 is 1.90 bits per heavy atom. The van der Waals surface area contributed by atoms with E-state index in [9.17, 15) is 8.42 Å². The Morgan fingerprint density at radius 1 is 1.13 bits per heavy atom. The van der Waals surface area contributed by atoms with E-state index in [1.807, 2.05) is 12.1 Å². The topological polar surface area (TPSA) is 98.6 Å². The number of sulfonamides is 1. The third kappa shape index (κ3) is 4.96. The molecule has 1 atom stereocenters. The molecule has 2 aliphatic rings. The largest absolute Gasteiger partial charge is 0.378 e. The van der Waals surface area contributed by atoms with E-state index in [4.69, 9.17) is 10.00 Å². The van der Waals surface area contributed by atoms with Crippen molar-refractivity contribution in [3.8, 4) is 6.07 Å². The van der Waals surface area contributed by atoms with Gasteiger partial charge >= 0.3 is 0 Å². The maximum atomic E-state index is 12.8. The normalized spacial score (nSPS) is 20.2. The van der Waals surface area contributed by atoms with E-state index in [0.717, 1.165) is 44.0 Å². The number of ether oxygens (including phenoxy) is 1. The molecule has 3 heterocycles. The van der Waals surface area contributed by atoms with Gasteiger partial charge in [-0.15, -0.1) is 0 Å². The van der Waals surface area contributed by atoms with E-state index in [1.165, 1.54) is 6.20 Å². The highest BCUT2D eigenvalue weighted by Crippen LogP contribution is 2.19. The molecule has 0 saturated carbocycles. The minimum atomic E-state index is -3.61. The second kappa shape index (κ2) is 9.10. The molecule has 0 unspecified atom stereocenters. The lowest BCUT2D eigenvalue weighted by Gasteiger charge is -2.27. The van der Waals surface area contributed by atoms with Crippen molar-refractivity contribution < 1.29 is 13.2 Å². The standard InChI is InChI=1S/C21H25N5O3S/c22-13-17-1-3-18(4-2-17)15-25-8-7-19(16-25)24-30(27,28)20-5-6-21(23-14-20)26-9-11-29-12-10-26/h1-6,14,19,24H,7-12,15-16H2/t19-/m1/s1. The van der Waals surface area contributed by atoms with Crippen LogP contribution in [0.25, 0.3) is 0 Å². The number of morpholine rings is 1. The van der Waals surface area contributed by atoms with Crippen molar-refractivity contribution in [2.75, 3.05) is 44.3 Å². The van der Waals surface area contributed by atoms with Crippen LogP contribution in [0.3, 0.4) is 0 Å². The van der Waals surface area contributed by atoms with Crippen molar-refractivity contribution in [3.05, 3.63) is 53.7 Å². The third-order valence-electron chi connectivity index (χ3n) is 5.45. The van der Waals surface area contributed by atoms with Gasteiger partial charge in [-0.3, -0.25) is 4.90 Å². The lowest BCUT2D eigenvalue weighted by molar-refractivity contribution is 0.122. The minimum Gasteiger partial charge on any atom is -0.378 e. The molecule has 1 aromatic carbocycles. The molecule has 2 aliphatic heterocycles. The van der Waals surface area contributed by atoms with Gasteiger partial charge in [-0.2, -0.15) is 5.26 Å². The van der Waals surface area contributed by atoms with Crippen LogP contribution in [-0.2, 0) is 21.3 Å². The van der Waals surface area contributed by atoms with Gasteiger partial charge in [0, 0.05) is 45.0 Å². The molecule has 2 fully saturated rings. The van der Waals surface area contributed by atoms with Crippen molar-refractivity contribution in [3.63, 3.8) is 0 Å². The van der Waals surface area contributed by atoms with Gasteiger partial charge in [-0.05, 0) is 36.2 Å². The molecule has 0 aliphatic carbocycles. The lowest BCUT2D eigenvalue weighted by Crippen LogP contribution is -2.37. The smallest absolute Gasteiger partial charge is 0.242 e. The summed E-state index contributed by atoms with van der Waals surface area (Å²) in [6, 6.07) is 12.8. The molecule has 1 N–H and O–H groups in total. The van der Waals surface area contributed by atoms with E-state index < -0.39 is 10.0 Å². The van der Waals surface area contributed by atoms with Crippen molar-refractivity contribution >= 4 is 15.8 Å². The summed E-state index contributed by atoms with van der Waals surface area (Å²) in [7, 11) is -3.61. The number of benzene rings is 1. The highest BCUT2D eigenvalue weighted by Gasteiger charge is 2.27. The summed E-state index contributed by atoms with van der Waals surface area (Å²) in [4.78, 5) is 8.84. The Morgan fingerprint density at radius 3 is 2.57 bits per heavy atom. The number of anilines is 1. The lowest BCUT2D eigenvalue weighted by atomic mass is 10.1. The van der Waals surface area contributed by atoms with Gasteiger partial charge < -0.3 is 9.64 Å². The maximum absolute atomic E-state index is 12.8. The molecule has 9 heteroatoms. The van der Waals surface area contributed by atoms with Crippen LogP contribution in [-0.4, -0.2) is 63.7 Å². The molecule has 30 heavy (non-hydrogen) atoms. The minimum absolute atomic E-state index is 0.132. The summed E-state index contributed by atoms with van der Waals surface area (Å²) < 4.78 is 33.7. The molecular weight excluding hydrogens is 402 g/mol. The maximum Gasteiger partial charge on any atom is 0.242 e. The number of likely N-dealkylation sites (tertiary alicyclic amines) is 1. The van der Waals surface area contributed by atoms with Crippen molar-refractivity contribution in [2.45, 2.75) is 23.9 Å². The summed E-state index contributed by atoms with van der Waals surface area (Å²) in [6.07, 6.45) is 2.19. The second-order valence-corrected chi connectivity index (χ2v) is 9.32. The number of nitrogens with one attached hydrogen (secondary N) is 1. The Kier molecular flexibility index (Phi) is 6.29. The highest BCUT2D eigenvalue weighted by atomic mass is 32.2. The molecule has 0 bridgehead atoms. The van der Waals surface area contributed by atoms with Crippen molar-refractivity contribution in [1.29, 1.82) is 5.26 Å². The van der Waals surface area contributed by atoms with Crippen molar-refractivity contribution in [2.24, 2.45) is 0 Å². The van der Waals surface area contributed by atoms with Crippen LogP contribution >= 0.6 is 0 Å². The summed E-state index contributed by atoms with van der Waals surface area (Å²) in [5.74, 6) is 0.770. The van der Waals surface area contributed by atoms with Gasteiger partial charge in [0.1, 0.15) is 10.7 Å². The van der Waals surface area contributed by atoms with E-state index in [0.29, 0.717) is 25.3 Å². The zero-order chi connectivity index (χ0) is 21.0. The SMILES string of the molecule is N#Cc1ccc(CN2CC[C@@H](NS(=O)(=O)c3ccc(N4CCOCC4)nc3)C2)cc1. The molecule has 0 spiro atoms. The molecule has 4 rings (SSSR count). The summed E-state index contributed by atoms with van der Waals surface area (Å²) in [6.45, 7) is 5.04. The first-order valence-electron chi connectivity index (χ1n) is 10.1. The summed E-state index contributed by atoms with van der Waals surface area (Å²) in [5, 5.41) is 8.89. The van der Waals surface area contributed by atoms with Gasteiger partial charge in [0.15, 0.2) is 0 Å². The summed E-state index contributed by atoms with van der Waals surface area (Å²) in [5.41, 5.74) is 1.75. The van der Waals surface area contributed by atoms with E-state index in [2.05, 4.69) is 25.6 Å². The number of aromatic nitrogens is 1. The number of hydrogen-bond donors (Lipinski definition) is 1. The van der Waals surface area contributed by atoms with Crippen LogP contribution in [0.1, 0.15) is 17.5 Å². The molecule has 0 radical (unpaired) electrons. The fourth-order valence-electron chi connectivity index (χ4n) is 3.81. The molecule has 2 saturated heterocycles. The third-order valence-corrected chi connectivity index (χ3v) is 6.96. The number of hydrogen-bond acceptors (Lipinski definition) is 7. The first-order chi connectivity index (χ1) is 14.5. The zero-order valence-electron chi connectivity index (χ0n) is 16.7. The number of nitriles is 1. The first-order valence-corrected chi connectivity index (χ1v) is 11.5. The summed E-state index contributed by atoms with van der Waals surface area (Å²) >= 11 is 0. The van der Waals surface area contributed by atoms with E-state index in [1.54, 1.807) is 24.3 Å². The average Bonchev–Trinajstić information content (AvgIpc) is 3.21. The number of rotatable bonds is 6. The van der Waals surface area contributed by atoms with Gasteiger partial charge in [0.05, 0.1) is 24.8 Å². The quantitative estimate of drug-likeness (QED) is 0.743. The van der Waals surface area contributed by atoms with Crippen LogP contribution in [0.4, 0.5) is 5.82 Å². The van der Waals surface area contributed by atoms with Crippen LogP contribution in [0, 0.1) is 11.3 Å². The van der Waals surface area contributed by atoms with Crippen LogP contribution < -0.4 is 9.62 Å². The monoisotopic (exact) mass is 427 g/mol. The fraction of sp³-hybridized carbons (Fsp3) is 0.429. The predicted molar refractivity (Wildman–Crippen MR) is 112 cm³/mol. The Balaban J connectivity index is 1.33. The van der Waals surface area contributed by atoms with Gasteiger partial charge in [-0.1, -0.05) is 12.1 Å². The molecule has 1 aromatic heterocycles. The van der Waals surface area contributed by atoms with Gasteiger partial charge in [0.25, 0.3) is 0 Å². The van der Waals surface area contributed by atoms with Crippen LogP contribution in [0.5, 0.6) is 0 Å². The average molecular weight is 428 g/mol. The van der Waals surface area contributed by atoms with Gasteiger partial charge in [-0.25, -0.2) is 18.1 Å².